The number of carbonyl (C=O) groups is 2. The molecule has 2 aromatic carbocycles. The maximum absolute atomic E-state index is 13.0. The van der Waals surface area contributed by atoms with E-state index < -0.39 is 17.6 Å². The average Bonchev–Trinajstić information content (AvgIpc) is 2.55. The molecule has 0 heterocycles. The topological polar surface area (TPSA) is 64.6 Å². The van der Waals surface area contributed by atoms with Crippen molar-refractivity contribution in [3.8, 4) is 17.2 Å². The zero-order valence-electron chi connectivity index (χ0n) is 14.2. The van der Waals surface area contributed by atoms with E-state index >= 15 is 0 Å². The van der Waals surface area contributed by atoms with E-state index in [2.05, 4.69) is 5.32 Å². The molecule has 0 atom stereocenters. The van der Waals surface area contributed by atoms with Crippen molar-refractivity contribution in [3.05, 3.63) is 47.5 Å². The first kappa shape index (κ1) is 19.3. The summed E-state index contributed by atoms with van der Waals surface area (Å²) in [7, 11) is 1.34. The molecule has 0 aliphatic heterocycles. The van der Waals surface area contributed by atoms with Crippen molar-refractivity contribution in [1.82, 2.24) is 0 Å². The number of halogens is 3. The number of hydrogen-bond acceptors (Lipinski definition) is 4. The van der Waals surface area contributed by atoms with Gasteiger partial charge in [-0.2, -0.15) is 13.2 Å². The number of rotatable bonds is 5. The van der Waals surface area contributed by atoms with Crippen molar-refractivity contribution in [3.63, 3.8) is 0 Å². The number of alkyl halides is 3. The molecule has 0 fully saturated rings. The Bertz CT molecular complexity index is 847. The number of benzene rings is 2. The van der Waals surface area contributed by atoms with Crippen molar-refractivity contribution in [2.45, 2.75) is 20.0 Å². The Kier molecular flexibility index (Phi) is 5.54. The zero-order valence-corrected chi connectivity index (χ0v) is 14.2. The number of ketones is 1. The van der Waals surface area contributed by atoms with Gasteiger partial charge in [-0.05, 0) is 43.3 Å². The molecule has 2 rings (SSSR count). The van der Waals surface area contributed by atoms with Gasteiger partial charge in [-0.1, -0.05) is 0 Å². The number of anilines is 1. The summed E-state index contributed by atoms with van der Waals surface area (Å²) >= 11 is 0. The molecule has 2 aromatic rings. The molecule has 0 spiro atoms. The van der Waals surface area contributed by atoms with Crippen molar-refractivity contribution in [2.24, 2.45) is 0 Å². The standard InChI is InChI=1S/C18H16F3NO4/c1-10(23)12-4-7-15(17(8-12)25-3)26-16-9-13(18(19,20)21)5-6-14(16)22-11(2)24/h4-9H,1-3H3,(H,22,24). The summed E-state index contributed by atoms with van der Waals surface area (Å²) in [5, 5.41) is 2.41. The van der Waals surface area contributed by atoms with E-state index in [1.165, 1.54) is 39.2 Å². The van der Waals surface area contributed by atoms with Gasteiger partial charge in [0.2, 0.25) is 5.91 Å². The predicted molar refractivity (Wildman–Crippen MR) is 88.8 cm³/mol. The molecule has 138 valence electrons. The fraction of sp³-hybridized carbons (Fsp3) is 0.222. The minimum absolute atomic E-state index is 0.0724. The second-order valence-corrected chi connectivity index (χ2v) is 5.41. The smallest absolute Gasteiger partial charge is 0.416 e. The Morgan fingerprint density at radius 2 is 1.65 bits per heavy atom. The molecule has 8 heteroatoms. The van der Waals surface area contributed by atoms with Gasteiger partial charge in [0.25, 0.3) is 0 Å². The first-order valence-corrected chi connectivity index (χ1v) is 7.47. The molecular weight excluding hydrogens is 351 g/mol. The summed E-state index contributed by atoms with van der Waals surface area (Å²) in [5.74, 6) is -0.599. The van der Waals surface area contributed by atoms with Crippen LogP contribution in [0.3, 0.4) is 0 Å². The molecule has 0 radical (unpaired) electrons. The summed E-state index contributed by atoms with van der Waals surface area (Å²) < 4.78 is 49.6. The van der Waals surface area contributed by atoms with Gasteiger partial charge in [0, 0.05) is 12.5 Å². The van der Waals surface area contributed by atoms with Crippen molar-refractivity contribution < 1.29 is 32.2 Å². The average molecular weight is 367 g/mol. The van der Waals surface area contributed by atoms with Crippen LogP contribution in [0, 0.1) is 0 Å². The molecule has 26 heavy (non-hydrogen) atoms. The third-order valence-electron chi connectivity index (χ3n) is 3.41. The molecular formula is C18H16F3NO4. The van der Waals surface area contributed by atoms with E-state index in [0.717, 1.165) is 18.2 Å². The van der Waals surface area contributed by atoms with Crippen LogP contribution in [0.1, 0.15) is 29.8 Å². The van der Waals surface area contributed by atoms with Gasteiger partial charge in [0.15, 0.2) is 23.0 Å². The minimum Gasteiger partial charge on any atom is -0.493 e. The van der Waals surface area contributed by atoms with E-state index in [1.54, 1.807) is 0 Å². The first-order chi connectivity index (χ1) is 12.1. The van der Waals surface area contributed by atoms with Crippen molar-refractivity contribution in [2.75, 3.05) is 12.4 Å². The number of carbonyl (C=O) groups excluding carboxylic acids is 2. The number of amides is 1. The third-order valence-corrected chi connectivity index (χ3v) is 3.41. The van der Waals surface area contributed by atoms with Gasteiger partial charge < -0.3 is 14.8 Å². The second-order valence-electron chi connectivity index (χ2n) is 5.41. The lowest BCUT2D eigenvalue weighted by Crippen LogP contribution is -2.10. The molecule has 0 aliphatic carbocycles. The lowest BCUT2D eigenvalue weighted by molar-refractivity contribution is -0.137. The van der Waals surface area contributed by atoms with Gasteiger partial charge in [-0.3, -0.25) is 9.59 Å². The maximum Gasteiger partial charge on any atom is 0.416 e. The molecule has 0 saturated carbocycles. The van der Waals surface area contributed by atoms with Gasteiger partial charge in [-0.15, -0.1) is 0 Å². The molecule has 0 unspecified atom stereocenters. The number of nitrogens with one attached hydrogen (secondary N) is 1. The molecule has 0 aliphatic rings. The number of hydrogen-bond donors (Lipinski definition) is 1. The Morgan fingerprint density at radius 1 is 0.962 bits per heavy atom. The fourth-order valence-electron chi connectivity index (χ4n) is 2.17. The highest BCUT2D eigenvalue weighted by Gasteiger charge is 2.31. The van der Waals surface area contributed by atoms with Gasteiger partial charge in [-0.25, -0.2) is 0 Å². The molecule has 5 nitrogen and oxygen atoms in total. The van der Waals surface area contributed by atoms with Crippen LogP contribution in [0.2, 0.25) is 0 Å². The number of Topliss-reactive ketones (excluding diaryl/α,β-unsaturated/α-hetero) is 1. The Labute approximate surface area is 147 Å². The van der Waals surface area contributed by atoms with Crippen LogP contribution in [0.5, 0.6) is 17.2 Å². The maximum atomic E-state index is 13.0. The lowest BCUT2D eigenvalue weighted by atomic mass is 10.1. The fourth-order valence-corrected chi connectivity index (χ4v) is 2.17. The molecule has 1 amide bonds. The quantitative estimate of drug-likeness (QED) is 0.780. The van der Waals surface area contributed by atoms with Gasteiger partial charge >= 0.3 is 6.18 Å². The second kappa shape index (κ2) is 7.47. The van der Waals surface area contributed by atoms with E-state index in [4.69, 9.17) is 9.47 Å². The van der Waals surface area contributed by atoms with E-state index in [9.17, 15) is 22.8 Å². The monoisotopic (exact) mass is 367 g/mol. The number of methoxy groups -OCH3 is 1. The van der Waals surface area contributed by atoms with Gasteiger partial charge in [0.05, 0.1) is 18.4 Å². The largest absolute Gasteiger partial charge is 0.493 e. The summed E-state index contributed by atoms with van der Waals surface area (Å²) in [6, 6.07) is 7.02. The molecule has 1 N–H and O–H groups in total. The van der Waals surface area contributed by atoms with E-state index in [-0.39, 0.29) is 28.7 Å². The highest BCUT2D eigenvalue weighted by molar-refractivity contribution is 5.94. The van der Waals surface area contributed by atoms with Crippen LogP contribution in [0.15, 0.2) is 36.4 Å². The van der Waals surface area contributed by atoms with Crippen LogP contribution >= 0.6 is 0 Å². The summed E-state index contributed by atoms with van der Waals surface area (Å²) in [6.45, 7) is 2.60. The normalized spacial score (nSPS) is 11.0. The van der Waals surface area contributed by atoms with Crippen LogP contribution in [0.25, 0.3) is 0 Å². The highest BCUT2D eigenvalue weighted by Crippen LogP contribution is 2.39. The summed E-state index contributed by atoms with van der Waals surface area (Å²) in [4.78, 5) is 22.7. The van der Waals surface area contributed by atoms with Gasteiger partial charge in [0.1, 0.15) is 0 Å². The predicted octanol–water partition coefficient (Wildman–Crippen LogP) is 4.67. The SMILES string of the molecule is COc1cc(C(C)=O)ccc1Oc1cc(C(F)(F)F)ccc1NC(C)=O. The lowest BCUT2D eigenvalue weighted by Gasteiger charge is -2.16. The van der Waals surface area contributed by atoms with E-state index in [0.29, 0.717) is 5.56 Å². The van der Waals surface area contributed by atoms with Crippen LogP contribution in [-0.2, 0) is 11.0 Å². The summed E-state index contributed by atoms with van der Waals surface area (Å²) in [5.41, 5.74) is -0.496. The Balaban J connectivity index is 2.49. The first-order valence-electron chi connectivity index (χ1n) is 7.47. The van der Waals surface area contributed by atoms with Crippen LogP contribution in [0.4, 0.5) is 18.9 Å². The third kappa shape index (κ3) is 4.53. The Hall–Kier alpha value is -3.03. The van der Waals surface area contributed by atoms with Crippen molar-refractivity contribution in [1.29, 1.82) is 0 Å². The molecule has 0 aromatic heterocycles. The minimum atomic E-state index is -4.57. The Morgan fingerprint density at radius 3 is 2.19 bits per heavy atom. The van der Waals surface area contributed by atoms with Crippen LogP contribution < -0.4 is 14.8 Å². The van der Waals surface area contributed by atoms with Crippen LogP contribution in [-0.4, -0.2) is 18.8 Å². The van der Waals surface area contributed by atoms with E-state index in [1.807, 2.05) is 0 Å². The zero-order chi connectivity index (χ0) is 19.5. The molecule has 0 bridgehead atoms. The molecule has 0 saturated heterocycles. The highest BCUT2D eigenvalue weighted by atomic mass is 19.4. The number of ether oxygens (including phenoxy) is 2. The van der Waals surface area contributed by atoms with Crippen molar-refractivity contribution >= 4 is 17.4 Å². The summed E-state index contributed by atoms with van der Waals surface area (Å²) in [6.07, 6.45) is -4.57.